The Morgan fingerprint density at radius 1 is 1.19 bits per heavy atom. The van der Waals surface area contributed by atoms with E-state index >= 15 is 4.39 Å². The molecule has 1 heterocycles. The highest BCUT2D eigenvalue weighted by Gasteiger charge is 2.38. The number of hydrogen-bond acceptors (Lipinski definition) is 4. The van der Waals surface area contributed by atoms with Gasteiger partial charge in [0.1, 0.15) is 11.6 Å². The molecule has 37 heavy (non-hydrogen) atoms. The molecule has 0 atom stereocenters. The molecule has 0 radical (unpaired) electrons. The number of halogens is 6. The smallest absolute Gasteiger partial charge is 0.373 e. The maximum atomic E-state index is 15.3. The van der Waals surface area contributed by atoms with E-state index in [-0.39, 0.29) is 17.6 Å². The molecule has 4 rings (SSSR count). The van der Waals surface area contributed by atoms with E-state index < -0.39 is 58.5 Å². The van der Waals surface area contributed by atoms with Gasteiger partial charge in [-0.2, -0.15) is 17.6 Å². The third-order valence-electron chi connectivity index (χ3n) is 6.09. The fourth-order valence-electron chi connectivity index (χ4n) is 4.00. The van der Waals surface area contributed by atoms with Crippen molar-refractivity contribution >= 4 is 17.5 Å². The van der Waals surface area contributed by atoms with Crippen LogP contribution in [0.1, 0.15) is 35.2 Å². The molecule has 1 aliphatic rings. The van der Waals surface area contributed by atoms with Crippen LogP contribution in [0.15, 0.2) is 41.2 Å². The predicted octanol–water partition coefficient (Wildman–Crippen LogP) is 5.31. The summed E-state index contributed by atoms with van der Waals surface area (Å²) in [6, 6.07) is 8.70. The van der Waals surface area contributed by atoms with Crippen molar-refractivity contribution in [2.24, 2.45) is 5.92 Å². The highest BCUT2D eigenvalue weighted by Crippen LogP contribution is 2.38. The number of carbonyl (C=O) groups excluding carboxylic acids is 1. The molecule has 1 fully saturated rings. The summed E-state index contributed by atoms with van der Waals surface area (Å²) in [5, 5.41) is 3.11. The number of nitrogens with one attached hydrogen (secondary N) is 2. The third kappa shape index (κ3) is 5.99. The summed E-state index contributed by atoms with van der Waals surface area (Å²) in [5.74, 6) is -4.16. The zero-order valence-electron chi connectivity index (χ0n) is 19.4. The van der Waals surface area contributed by atoms with Gasteiger partial charge in [0.2, 0.25) is 11.7 Å². The van der Waals surface area contributed by atoms with E-state index in [2.05, 4.69) is 10.3 Å². The fourth-order valence-corrected chi connectivity index (χ4v) is 4.21. The molecule has 0 spiro atoms. The van der Waals surface area contributed by atoms with Gasteiger partial charge in [-0.15, -0.1) is 0 Å². The minimum Gasteiger partial charge on any atom is -0.373 e. The van der Waals surface area contributed by atoms with Crippen LogP contribution < -0.4 is 10.9 Å². The highest BCUT2D eigenvalue weighted by molar-refractivity contribution is 6.30. The van der Waals surface area contributed by atoms with Gasteiger partial charge in [-0.25, -0.2) is 9.37 Å². The van der Waals surface area contributed by atoms with Crippen molar-refractivity contribution in [1.29, 1.82) is 0 Å². The van der Waals surface area contributed by atoms with Gasteiger partial charge in [0, 0.05) is 23.0 Å². The second-order valence-corrected chi connectivity index (χ2v) is 9.16. The summed E-state index contributed by atoms with van der Waals surface area (Å²) in [6.07, 6.45) is -4.25. The molecule has 1 aliphatic carbocycles. The molecule has 1 aromatic heterocycles. The van der Waals surface area contributed by atoms with Crippen molar-refractivity contribution < 1.29 is 31.5 Å². The van der Waals surface area contributed by atoms with Gasteiger partial charge < -0.3 is 15.0 Å². The summed E-state index contributed by atoms with van der Waals surface area (Å²) < 4.78 is 75.4. The highest BCUT2D eigenvalue weighted by atomic mass is 35.5. The molecule has 196 valence electrons. The maximum Gasteiger partial charge on any atom is 0.417 e. The average molecular weight is 542 g/mol. The number of aromatic amines is 1. The number of ether oxygens (including phenoxy) is 1. The van der Waals surface area contributed by atoms with E-state index in [1.807, 2.05) is 11.1 Å². The van der Waals surface area contributed by atoms with E-state index in [9.17, 15) is 27.2 Å². The minimum absolute atomic E-state index is 0.145. The second-order valence-electron chi connectivity index (χ2n) is 8.72. The lowest BCUT2D eigenvalue weighted by Gasteiger charge is -2.34. The topological polar surface area (TPSA) is 84.1 Å². The maximum absolute atomic E-state index is 15.3. The third-order valence-corrected chi connectivity index (χ3v) is 6.32. The van der Waals surface area contributed by atoms with Gasteiger partial charge in [-0.05, 0) is 43.5 Å². The van der Waals surface area contributed by atoms with Gasteiger partial charge in [-0.3, -0.25) is 9.59 Å². The van der Waals surface area contributed by atoms with E-state index in [4.69, 9.17) is 16.3 Å². The zero-order chi connectivity index (χ0) is 26.9. The van der Waals surface area contributed by atoms with Crippen LogP contribution in [0.25, 0.3) is 11.4 Å². The first kappa shape index (κ1) is 26.7. The number of aromatic nitrogens is 2. The monoisotopic (exact) mass is 541 g/mol. The number of amides is 1. The molecule has 0 unspecified atom stereocenters. The molecule has 0 aliphatic heterocycles. The van der Waals surface area contributed by atoms with Gasteiger partial charge in [0.05, 0.1) is 29.5 Å². The summed E-state index contributed by atoms with van der Waals surface area (Å²) in [4.78, 5) is 29.7. The second kappa shape index (κ2) is 10.6. The Kier molecular flexibility index (Phi) is 7.65. The van der Waals surface area contributed by atoms with Crippen LogP contribution >= 0.6 is 11.6 Å². The molecule has 2 N–H and O–H groups in total. The summed E-state index contributed by atoms with van der Waals surface area (Å²) in [5.41, 5.74) is -3.60. The van der Waals surface area contributed by atoms with Crippen LogP contribution in [0.5, 0.6) is 0 Å². The Bertz CT molecular complexity index is 1390. The van der Waals surface area contributed by atoms with Crippen molar-refractivity contribution in [2.45, 2.75) is 45.2 Å². The minimum atomic E-state index is -4.98. The number of carbonyl (C=O) groups is 1. The van der Waals surface area contributed by atoms with Crippen LogP contribution in [0, 0.1) is 24.5 Å². The van der Waals surface area contributed by atoms with Crippen molar-refractivity contribution in [3.63, 3.8) is 0 Å². The number of aryl methyl sites for hydroxylation is 1. The Balaban J connectivity index is 1.43. The lowest BCUT2D eigenvalue weighted by molar-refractivity contribution is -0.137. The number of hydrogen-bond donors (Lipinski definition) is 2. The van der Waals surface area contributed by atoms with Crippen LogP contribution in [0.4, 0.5) is 22.0 Å². The van der Waals surface area contributed by atoms with E-state index in [1.165, 1.54) is 0 Å². The molecule has 2 aromatic carbocycles. The zero-order valence-corrected chi connectivity index (χ0v) is 20.1. The number of rotatable bonds is 7. The molecule has 6 nitrogen and oxygen atoms in total. The summed E-state index contributed by atoms with van der Waals surface area (Å²) in [6.45, 7) is 1.01. The predicted molar refractivity (Wildman–Crippen MR) is 125 cm³/mol. The van der Waals surface area contributed by atoms with Gasteiger partial charge >= 0.3 is 6.18 Å². The van der Waals surface area contributed by atoms with Crippen LogP contribution in [0.2, 0.25) is 5.02 Å². The number of nitrogens with zero attached hydrogens (tertiary/aromatic N) is 1. The standard InChI is InChI=1S/C25H21ClF5N3O3/c1-12-20(27)24(36)34-22(33-12)19-18(25(29,30)31)6-5-14(21(19)28)10-32-23(35)15-8-17(9-15)37-11-13-3-2-4-16(26)7-13/h2-7,15,17H,8-11H2,1H3,(H,32,35)(H,33,34,36)/t15-,17-. The van der Waals surface area contributed by atoms with E-state index in [1.54, 1.807) is 18.2 Å². The average Bonchev–Trinajstić information content (AvgIpc) is 2.79. The molecular weight excluding hydrogens is 521 g/mol. The largest absolute Gasteiger partial charge is 0.417 e. The van der Waals surface area contributed by atoms with E-state index in [0.29, 0.717) is 30.5 Å². The lowest BCUT2D eigenvalue weighted by Crippen LogP contribution is -2.42. The Morgan fingerprint density at radius 2 is 1.92 bits per heavy atom. The van der Waals surface area contributed by atoms with Gasteiger partial charge in [-0.1, -0.05) is 29.8 Å². The lowest BCUT2D eigenvalue weighted by atomic mass is 9.81. The molecule has 12 heteroatoms. The van der Waals surface area contributed by atoms with Crippen molar-refractivity contribution in [2.75, 3.05) is 0 Å². The van der Waals surface area contributed by atoms with Gasteiger partial charge in [0.25, 0.3) is 5.56 Å². The van der Waals surface area contributed by atoms with Crippen molar-refractivity contribution in [1.82, 2.24) is 15.3 Å². The van der Waals surface area contributed by atoms with E-state index in [0.717, 1.165) is 18.6 Å². The van der Waals surface area contributed by atoms with Crippen molar-refractivity contribution in [3.05, 3.63) is 85.8 Å². The Labute approximate surface area is 212 Å². The molecule has 1 saturated carbocycles. The first-order valence-electron chi connectivity index (χ1n) is 11.2. The Morgan fingerprint density at radius 3 is 2.57 bits per heavy atom. The first-order valence-corrected chi connectivity index (χ1v) is 11.6. The van der Waals surface area contributed by atoms with Gasteiger partial charge in [0.15, 0.2) is 0 Å². The van der Waals surface area contributed by atoms with Crippen LogP contribution in [-0.4, -0.2) is 22.0 Å². The molecule has 3 aromatic rings. The summed E-state index contributed by atoms with van der Waals surface area (Å²) >= 11 is 5.94. The molecular formula is C25H21ClF5N3O3. The summed E-state index contributed by atoms with van der Waals surface area (Å²) in [7, 11) is 0. The first-order chi connectivity index (χ1) is 17.4. The number of H-pyrrole nitrogens is 1. The molecule has 1 amide bonds. The molecule has 0 bridgehead atoms. The fraction of sp³-hybridized carbons (Fsp3) is 0.320. The van der Waals surface area contributed by atoms with Crippen molar-refractivity contribution in [3.8, 4) is 11.4 Å². The molecule has 0 saturated heterocycles. The van der Waals surface area contributed by atoms with Crippen LogP contribution in [-0.2, 0) is 28.9 Å². The Hall–Kier alpha value is -3.31. The number of alkyl halides is 3. The normalized spacial score (nSPS) is 17.4. The number of benzene rings is 2. The SMILES string of the molecule is Cc1nc(-c2c(C(F)(F)F)ccc(CNC(=O)[C@H]3C[C@H](OCc4cccc(Cl)c4)C3)c2F)[nH]c(=O)c1F. The van der Waals surface area contributed by atoms with Crippen LogP contribution in [0.3, 0.4) is 0 Å². The quantitative estimate of drug-likeness (QED) is 0.397.